The van der Waals surface area contributed by atoms with Gasteiger partial charge in [0.2, 0.25) is 0 Å². The Morgan fingerprint density at radius 1 is 0.396 bits per heavy atom. The van der Waals surface area contributed by atoms with E-state index in [0.29, 0.717) is 0 Å². The van der Waals surface area contributed by atoms with Gasteiger partial charge in [-0.2, -0.15) is 0 Å². The Labute approximate surface area is 281 Å². The molecule has 4 heteroatoms. The summed E-state index contributed by atoms with van der Waals surface area (Å²) < 4.78 is 0. The summed E-state index contributed by atoms with van der Waals surface area (Å²) in [4.78, 5) is 15.1. The summed E-state index contributed by atoms with van der Waals surface area (Å²) >= 11 is 0. The van der Waals surface area contributed by atoms with Crippen molar-refractivity contribution in [2.24, 2.45) is 0 Å². The van der Waals surface area contributed by atoms with Crippen molar-refractivity contribution in [3.63, 3.8) is 0 Å². The van der Waals surface area contributed by atoms with Crippen LogP contribution in [0.4, 0.5) is 34.1 Å². The van der Waals surface area contributed by atoms with Crippen LogP contribution in [0.5, 0.6) is 0 Å². The van der Waals surface area contributed by atoms with Gasteiger partial charge in [0, 0.05) is 39.7 Å². The molecule has 0 fully saturated rings. The van der Waals surface area contributed by atoms with Gasteiger partial charge in [0.25, 0.3) is 0 Å². The average Bonchev–Trinajstić information content (AvgIpc) is 3.47. The highest BCUT2D eigenvalue weighted by molar-refractivity contribution is 6.22. The molecule has 0 radical (unpaired) electrons. The molecule has 3 aliphatic rings. The van der Waals surface area contributed by atoms with Gasteiger partial charge in [-0.15, -0.1) is 0 Å². The lowest BCUT2D eigenvalue weighted by molar-refractivity contribution is 0.632. The lowest BCUT2D eigenvalue weighted by Gasteiger charge is -2.42. The molecular weight excluding hydrogens is 585 g/mol. The fraction of sp³-hybridized carbons (Fsp3) is 0.136. The minimum atomic E-state index is -0.139. The third kappa shape index (κ3) is 3.39. The van der Waals surface area contributed by atoms with Crippen LogP contribution in [0.3, 0.4) is 0 Å². The van der Waals surface area contributed by atoms with Gasteiger partial charge in [-0.1, -0.05) is 113 Å². The largest absolute Gasteiger partial charge is 0.309 e. The van der Waals surface area contributed by atoms with Crippen molar-refractivity contribution in [1.82, 2.24) is 9.97 Å². The Morgan fingerprint density at radius 2 is 0.729 bits per heavy atom. The number of para-hydroxylation sites is 4. The molecule has 3 heterocycles. The number of fused-ring (bicyclic) bond motifs is 7. The van der Waals surface area contributed by atoms with Crippen LogP contribution in [-0.4, -0.2) is 9.97 Å². The van der Waals surface area contributed by atoms with Crippen LogP contribution in [0.2, 0.25) is 0 Å². The van der Waals surface area contributed by atoms with Gasteiger partial charge >= 0.3 is 0 Å². The fourth-order valence-corrected chi connectivity index (χ4v) is 8.81. The predicted octanol–water partition coefficient (Wildman–Crippen LogP) is 11.5. The molecule has 0 atom stereocenters. The summed E-state index contributed by atoms with van der Waals surface area (Å²) in [6.45, 7) is 9.34. The maximum absolute atomic E-state index is 5.09. The number of nitrogens with zero attached hydrogens (tertiary/aromatic N) is 4. The molecule has 1 aliphatic carbocycles. The molecule has 0 saturated heterocycles. The minimum Gasteiger partial charge on any atom is -0.309 e. The van der Waals surface area contributed by atoms with Crippen LogP contribution in [0.25, 0.3) is 33.3 Å². The van der Waals surface area contributed by atoms with E-state index in [1.807, 2.05) is 12.4 Å². The minimum absolute atomic E-state index is 0.139. The Hall–Kier alpha value is -5.74. The van der Waals surface area contributed by atoms with E-state index in [4.69, 9.17) is 9.97 Å². The highest BCUT2D eigenvalue weighted by Crippen LogP contribution is 2.60. The zero-order valence-electron chi connectivity index (χ0n) is 27.5. The standard InChI is InChI=1S/C44H34N4/c1-43(2)28-13-5-9-17-32(28)47(33-18-10-6-14-29(33)43)36-23-21-27-22-24-37(40-38(27)39(36)41-42(40)46-26-25-45-41)48-34-19-11-7-15-30(34)44(3,4)31-16-8-12-20-35(31)48/h5-26H,1-4H3. The van der Waals surface area contributed by atoms with Crippen molar-refractivity contribution < 1.29 is 0 Å². The highest BCUT2D eigenvalue weighted by atomic mass is 15.2. The summed E-state index contributed by atoms with van der Waals surface area (Å²) in [5, 5.41) is 2.39. The van der Waals surface area contributed by atoms with Crippen LogP contribution in [0, 0.1) is 0 Å². The van der Waals surface area contributed by atoms with E-state index >= 15 is 0 Å². The monoisotopic (exact) mass is 618 g/mol. The lowest BCUT2D eigenvalue weighted by atomic mass is 9.73. The third-order valence-electron chi connectivity index (χ3n) is 11.1. The average molecular weight is 619 g/mol. The Balaban J connectivity index is 1.30. The van der Waals surface area contributed by atoms with Gasteiger partial charge in [0.1, 0.15) is 0 Å². The van der Waals surface area contributed by atoms with Crippen LogP contribution >= 0.6 is 0 Å². The van der Waals surface area contributed by atoms with Crippen LogP contribution in [0.1, 0.15) is 49.9 Å². The molecule has 0 N–H and O–H groups in total. The van der Waals surface area contributed by atoms with E-state index in [0.717, 1.165) is 33.9 Å². The van der Waals surface area contributed by atoms with Crippen LogP contribution < -0.4 is 9.80 Å². The van der Waals surface area contributed by atoms with Gasteiger partial charge in [0.15, 0.2) is 0 Å². The summed E-state index contributed by atoms with van der Waals surface area (Å²) in [6, 6.07) is 44.5. The Morgan fingerprint density at radius 3 is 1.08 bits per heavy atom. The molecule has 1 aromatic heterocycles. The number of anilines is 6. The topological polar surface area (TPSA) is 32.3 Å². The maximum atomic E-state index is 5.09. The molecule has 10 rings (SSSR count). The molecular formula is C44H34N4. The summed E-state index contributed by atoms with van der Waals surface area (Å²) in [7, 11) is 0. The van der Waals surface area contributed by atoms with E-state index in [1.165, 1.54) is 55.8 Å². The number of hydrogen-bond donors (Lipinski definition) is 0. The number of hydrogen-bond acceptors (Lipinski definition) is 4. The zero-order chi connectivity index (χ0) is 32.4. The second-order valence-electron chi connectivity index (χ2n) is 14.3. The van der Waals surface area contributed by atoms with E-state index in [2.05, 4.69) is 159 Å². The van der Waals surface area contributed by atoms with Gasteiger partial charge < -0.3 is 9.80 Å². The first kappa shape index (κ1) is 27.4. The molecule has 230 valence electrons. The molecule has 2 aliphatic heterocycles. The second-order valence-corrected chi connectivity index (χ2v) is 14.3. The van der Waals surface area contributed by atoms with E-state index in [9.17, 15) is 0 Å². The van der Waals surface area contributed by atoms with Crippen LogP contribution in [0.15, 0.2) is 134 Å². The molecule has 6 aromatic carbocycles. The lowest BCUT2D eigenvalue weighted by Crippen LogP contribution is -2.30. The van der Waals surface area contributed by atoms with Gasteiger partial charge in [-0.05, 0) is 64.0 Å². The molecule has 7 aromatic rings. The first-order valence-corrected chi connectivity index (χ1v) is 16.8. The molecule has 0 saturated carbocycles. The van der Waals surface area contributed by atoms with Crippen molar-refractivity contribution in [1.29, 1.82) is 0 Å². The van der Waals surface area contributed by atoms with E-state index in [1.54, 1.807) is 0 Å². The molecule has 4 nitrogen and oxygen atoms in total. The molecule has 48 heavy (non-hydrogen) atoms. The number of rotatable bonds is 2. The molecule has 0 amide bonds. The third-order valence-corrected chi connectivity index (χ3v) is 11.1. The van der Waals surface area contributed by atoms with Gasteiger partial charge in [-0.25, -0.2) is 0 Å². The van der Waals surface area contributed by atoms with Crippen molar-refractivity contribution in [2.45, 2.75) is 38.5 Å². The fourth-order valence-electron chi connectivity index (χ4n) is 8.81. The number of aromatic nitrogens is 2. The Bertz CT molecular complexity index is 2220. The predicted molar refractivity (Wildman–Crippen MR) is 198 cm³/mol. The molecule has 0 bridgehead atoms. The zero-order valence-corrected chi connectivity index (χ0v) is 27.5. The smallest absolute Gasteiger partial charge is 0.0993 e. The normalized spacial score (nSPS) is 15.8. The summed E-state index contributed by atoms with van der Waals surface area (Å²) in [6.07, 6.45) is 3.67. The summed E-state index contributed by atoms with van der Waals surface area (Å²) in [5.41, 5.74) is 16.1. The van der Waals surface area contributed by atoms with Crippen molar-refractivity contribution in [3.05, 3.63) is 156 Å². The highest BCUT2D eigenvalue weighted by Gasteiger charge is 2.41. The van der Waals surface area contributed by atoms with Crippen LogP contribution in [-0.2, 0) is 10.8 Å². The van der Waals surface area contributed by atoms with Crippen molar-refractivity contribution in [3.8, 4) is 22.5 Å². The van der Waals surface area contributed by atoms with E-state index < -0.39 is 0 Å². The first-order chi connectivity index (χ1) is 23.4. The molecule has 0 unspecified atom stereocenters. The Kier molecular flexibility index (Phi) is 5.37. The SMILES string of the molecule is CC1(C)c2ccccc2N(c2ccc3ccc(N4c5ccccc5C(C)(C)c5ccccc54)c4c3c2-c2nccnc2-4)c2ccccc21. The van der Waals surface area contributed by atoms with Gasteiger partial charge in [0.05, 0.1) is 45.5 Å². The maximum Gasteiger partial charge on any atom is 0.0993 e. The first-order valence-electron chi connectivity index (χ1n) is 16.8. The summed E-state index contributed by atoms with van der Waals surface area (Å²) in [5.74, 6) is 0. The van der Waals surface area contributed by atoms with Crippen molar-refractivity contribution in [2.75, 3.05) is 9.80 Å². The van der Waals surface area contributed by atoms with E-state index in [-0.39, 0.29) is 10.8 Å². The van der Waals surface area contributed by atoms with Gasteiger partial charge in [-0.3, -0.25) is 9.97 Å². The number of benzene rings is 6. The van der Waals surface area contributed by atoms with Crippen molar-refractivity contribution >= 4 is 44.9 Å². The molecule has 0 spiro atoms. The quantitative estimate of drug-likeness (QED) is 0.193. The second kappa shape index (κ2) is 9.42.